The summed E-state index contributed by atoms with van der Waals surface area (Å²) >= 11 is 0. The summed E-state index contributed by atoms with van der Waals surface area (Å²) in [7, 11) is 0. The number of para-hydroxylation sites is 1. The van der Waals surface area contributed by atoms with Crippen molar-refractivity contribution in [1.82, 2.24) is 0 Å². The zero-order valence-electron chi connectivity index (χ0n) is 19.5. The number of benzene rings is 5. The molecule has 0 saturated heterocycles. The second kappa shape index (κ2) is 8.32. The minimum Gasteiger partial charge on any atom is -0.487 e. The highest BCUT2D eigenvalue weighted by molar-refractivity contribution is 6.03. The van der Waals surface area contributed by atoms with Gasteiger partial charge in [0, 0.05) is 5.92 Å². The molecule has 0 radical (unpaired) electrons. The first-order chi connectivity index (χ1) is 17.4. The highest BCUT2D eigenvalue weighted by Gasteiger charge is 2.40. The van der Waals surface area contributed by atoms with Crippen LogP contribution < -0.4 is 10.1 Å². The minimum absolute atomic E-state index is 0.194. The van der Waals surface area contributed by atoms with Crippen LogP contribution in [0.2, 0.25) is 0 Å². The molecule has 35 heavy (non-hydrogen) atoms. The van der Waals surface area contributed by atoms with Gasteiger partial charge in [-0.2, -0.15) is 0 Å². The number of allylic oxidation sites excluding steroid dienone is 2. The smallest absolute Gasteiger partial charge is 0.143 e. The van der Waals surface area contributed by atoms with Crippen molar-refractivity contribution in [2.24, 2.45) is 5.92 Å². The molecule has 2 heteroatoms. The maximum absolute atomic E-state index is 6.41. The first-order valence-corrected chi connectivity index (χ1v) is 12.5. The van der Waals surface area contributed by atoms with Crippen LogP contribution in [-0.2, 0) is 6.61 Å². The number of rotatable bonds is 4. The number of hydrogen-bond donors (Lipinski definition) is 1. The quantitative estimate of drug-likeness (QED) is 0.218. The largest absolute Gasteiger partial charge is 0.487 e. The second-order valence-corrected chi connectivity index (χ2v) is 9.70. The number of nitrogens with one attached hydrogen (secondary N) is 1. The lowest BCUT2D eigenvalue weighted by molar-refractivity contribution is 0.304. The lowest BCUT2D eigenvalue weighted by atomic mass is 9.75. The van der Waals surface area contributed by atoms with Gasteiger partial charge in [-0.05, 0) is 62.7 Å². The molecule has 2 nitrogen and oxygen atoms in total. The molecule has 1 aliphatic heterocycles. The SMILES string of the molecule is C1=CC2c3cccc(OCc4ccccc4)c3NC(c3c4ccccc4cc4ccccc34)C2C1. The number of fused-ring (bicyclic) bond motifs is 5. The molecule has 3 atom stereocenters. The molecule has 0 spiro atoms. The Bertz CT molecular complexity index is 1520. The fourth-order valence-electron chi connectivity index (χ4n) is 6.12. The van der Waals surface area contributed by atoms with Crippen LogP contribution in [0.25, 0.3) is 21.5 Å². The molecule has 7 rings (SSSR count). The highest BCUT2D eigenvalue weighted by Crippen LogP contribution is 2.54. The molecule has 0 amide bonds. The lowest BCUT2D eigenvalue weighted by Crippen LogP contribution is -2.29. The van der Waals surface area contributed by atoms with Crippen LogP contribution in [-0.4, -0.2) is 0 Å². The van der Waals surface area contributed by atoms with Crippen molar-refractivity contribution in [3.05, 3.63) is 132 Å². The van der Waals surface area contributed by atoms with Gasteiger partial charge >= 0.3 is 0 Å². The van der Waals surface area contributed by atoms with Crippen LogP contribution in [0.3, 0.4) is 0 Å². The van der Waals surface area contributed by atoms with E-state index in [1.165, 1.54) is 38.2 Å². The van der Waals surface area contributed by atoms with E-state index in [0.717, 1.165) is 17.9 Å². The summed E-state index contributed by atoms with van der Waals surface area (Å²) in [5, 5.41) is 9.27. The van der Waals surface area contributed by atoms with Crippen molar-refractivity contribution in [3.8, 4) is 5.75 Å². The van der Waals surface area contributed by atoms with E-state index >= 15 is 0 Å². The molecular weight excluding hydrogens is 426 g/mol. The standard InChI is InChI=1S/C33H27NO/c1-2-10-22(11-3-1)21-35-30-19-9-18-28-27-16-8-17-29(27)33(34-32(28)30)31-25-14-6-4-12-23(25)20-24-13-5-7-15-26(24)31/h1-16,18-20,27,29,33-34H,17,21H2. The minimum atomic E-state index is 0.194. The third-order valence-corrected chi connectivity index (χ3v) is 7.72. The molecule has 3 unspecified atom stereocenters. The Balaban J connectivity index is 1.38. The van der Waals surface area contributed by atoms with E-state index in [-0.39, 0.29) is 6.04 Å². The van der Waals surface area contributed by atoms with Crippen molar-refractivity contribution in [2.45, 2.75) is 25.0 Å². The molecule has 1 aliphatic carbocycles. The Morgan fingerprint density at radius 3 is 2.23 bits per heavy atom. The molecule has 0 saturated carbocycles. The van der Waals surface area contributed by atoms with Crippen LogP contribution >= 0.6 is 0 Å². The third kappa shape index (κ3) is 3.40. The highest BCUT2D eigenvalue weighted by atomic mass is 16.5. The summed E-state index contributed by atoms with van der Waals surface area (Å²) in [4.78, 5) is 0. The van der Waals surface area contributed by atoms with E-state index in [1.54, 1.807) is 0 Å². The molecule has 170 valence electrons. The second-order valence-electron chi connectivity index (χ2n) is 9.70. The monoisotopic (exact) mass is 453 g/mol. The van der Waals surface area contributed by atoms with Gasteiger partial charge in [-0.1, -0.05) is 103 Å². The van der Waals surface area contributed by atoms with Crippen molar-refractivity contribution in [2.75, 3.05) is 5.32 Å². The fraction of sp³-hybridized carbons (Fsp3) is 0.152. The van der Waals surface area contributed by atoms with Crippen LogP contribution in [0.4, 0.5) is 5.69 Å². The van der Waals surface area contributed by atoms with Gasteiger partial charge in [0.1, 0.15) is 12.4 Å². The Morgan fingerprint density at radius 2 is 1.46 bits per heavy atom. The molecule has 0 aromatic heterocycles. The summed E-state index contributed by atoms with van der Waals surface area (Å²) in [5.41, 5.74) is 5.06. The van der Waals surface area contributed by atoms with Crippen molar-refractivity contribution < 1.29 is 4.74 Å². The van der Waals surface area contributed by atoms with Gasteiger partial charge in [-0.25, -0.2) is 0 Å². The van der Waals surface area contributed by atoms with E-state index < -0.39 is 0 Å². The number of anilines is 1. The zero-order chi connectivity index (χ0) is 23.2. The normalized spacial score (nSPS) is 20.4. The van der Waals surface area contributed by atoms with Crippen molar-refractivity contribution in [1.29, 1.82) is 0 Å². The van der Waals surface area contributed by atoms with Gasteiger partial charge in [0.05, 0.1) is 11.7 Å². The van der Waals surface area contributed by atoms with Gasteiger partial charge in [-0.3, -0.25) is 0 Å². The first kappa shape index (κ1) is 20.3. The Kier molecular flexibility index (Phi) is 4.84. The van der Waals surface area contributed by atoms with Crippen LogP contribution in [0.5, 0.6) is 5.75 Å². The molecule has 1 heterocycles. The molecule has 5 aromatic carbocycles. The molecule has 0 bridgehead atoms. The summed E-state index contributed by atoms with van der Waals surface area (Å²) < 4.78 is 6.41. The van der Waals surface area contributed by atoms with Crippen LogP contribution in [0, 0.1) is 5.92 Å². The predicted octanol–water partition coefficient (Wildman–Crippen LogP) is 8.40. The Hall–Kier alpha value is -4.04. The number of ether oxygens (including phenoxy) is 1. The van der Waals surface area contributed by atoms with E-state index in [4.69, 9.17) is 4.74 Å². The van der Waals surface area contributed by atoms with Crippen molar-refractivity contribution >= 4 is 27.2 Å². The van der Waals surface area contributed by atoms with Gasteiger partial charge in [0.2, 0.25) is 0 Å². The Labute approximate surface area is 205 Å². The average molecular weight is 454 g/mol. The third-order valence-electron chi connectivity index (χ3n) is 7.72. The van der Waals surface area contributed by atoms with Gasteiger partial charge in [-0.15, -0.1) is 0 Å². The summed E-state index contributed by atoms with van der Waals surface area (Å²) in [6.07, 6.45) is 5.85. The van der Waals surface area contributed by atoms with E-state index in [0.29, 0.717) is 18.4 Å². The van der Waals surface area contributed by atoms with E-state index in [9.17, 15) is 0 Å². The predicted molar refractivity (Wildman–Crippen MR) is 145 cm³/mol. The zero-order valence-corrected chi connectivity index (χ0v) is 19.5. The van der Waals surface area contributed by atoms with Crippen LogP contribution in [0.1, 0.15) is 35.1 Å². The molecule has 2 aliphatic rings. The van der Waals surface area contributed by atoms with E-state index in [2.05, 4.69) is 115 Å². The maximum atomic E-state index is 6.41. The topological polar surface area (TPSA) is 21.3 Å². The molecule has 1 N–H and O–H groups in total. The van der Waals surface area contributed by atoms with E-state index in [1.807, 2.05) is 6.07 Å². The lowest BCUT2D eigenvalue weighted by Gasteiger charge is -2.39. The average Bonchev–Trinajstić information content (AvgIpc) is 3.41. The number of hydrogen-bond acceptors (Lipinski definition) is 2. The summed E-state index contributed by atoms with van der Waals surface area (Å²) in [6, 6.07) is 37.1. The summed E-state index contributed by atoms with van der Waals surface area (Å²) in [5.74, 6) is 1.79. The first-order valence-electron chi connectivity index (χ1n) is 12.5. The van der Waals surface area contributed by atoms with Crippen molar-refractivity contribution in [3.63, 3.8) is 0 Å². The molecule has 0 fully saturated rings. The van der Waals surface area contributed by atoms with Gasteiger partial charge in [0.25, 0.3) is 0 Å². The van der Waals surface area contributed by atoms with Crippen LogP contribution in [0.15, 0.2) is 115 Å². The Morgan fingerprint density at radius 1 is 0.743 bits per heavy atom. The molecular formula is C33H27NO. The maximum Gasteiger partial charge on any atom is 0.143 e. The van der Waals surface area contributed by atoms with Gasteiger partial charge < -0.3 is 10.1 Å². The fourth-order valence-corrected chi connectivity index (χ4v) is 6.12. The summed E-state index contributed by atoms with van der Waals surface area (Å²) in [6.45, 7) is 0.560. The molecule has 5 aromatic rings. The van der Waals surface area contributed by atoms with Gasteiger partial charge in [0.15, 0.2) is 0 Å².